The Morgan fingerprint density at radius 2 is 1.77 bits per heavy atom. The summed E-state index contributed by atoms with van der Waals surface area (Å²) in [6.45, 7) is 1.03. The average molecular weight is 373 g/mol. The normalized spacial score (nSPS) is 15.6. The van der Waals surface area contributed by atoms with Gasteiger partial charge in [-0.05, 0) is 43.5 Å². The number of rotatable bonds is 5. The van der Waals surface area contributed by atoms with E-state index in [9.17, 15) is 22.8 Å². The van der Waals surface area contributed by atoms with Crippen LogP contribution in [-0.2, 0) is 11.0 Å². The Hall–Kier alpha value is -2.29. The molecule has 0 unspecified atom stereocenters. The van der Waals surface area contributed by atoms with E-state index in [1.165, 1.54) is 12.1 Å². The van der Waals surface area contributed by atoms with Crippen LogP contribution in [0.25, 0.3) is 0 Å². The Balaban J connectivity index is 1.76. The largest absolute Gasteiger partial charge is 0.416 e. The van der Waals surface area contributed by atoms with Gasteiger partial charge in [-0.15, -0.1) is 0 Å². The van der Waals surface area contributed by atoms with Crippen LogP contribution in [0.4, 0.5) is 23.7 Å². The van der Waals surface area contributed by atoms with Crippen LogP contribution in [-0.4, -0.2) is 47.7 Å². The van der Waals surface area contributed by atoms with Crippen molar-refractivity contribution in [3.63, 3.8) is 0 Å². The number of likely N-dealkylation sites (tertiary alicyclic amines) is 1. The number of aliphatic hydroxyl groups excluding tert-OH is 1. The third-order valence-electron chi connectivity index (χ3n) is 4.20. The quantitative estimate of drug-likeness (QED) is 0.742. The van der Waals surface area contributed by atoms with Gasteiger partial charge in [0.2, 0.25) is 5.91 Å². The molecule has 0 aliphatic carbocycles. The first-order valence-electron chi connectivity index (χ1n) is 8.43. The average Bonchev–Trinajstić information content (AvgIpc) is 2.60. The molecule has 26 heavy (non-hydrogen) atoms. The van der Waals surface area contributed by atoms with Crippen LogP contribution >= 0.6 is 0 Å². The van der Waals surface area contributed by atoms with Crippen molar-refractivity contribution >= 4 is 17.6 Å². The lowest BCUT2D eigenvalue weighted by atomic mass is 10.0. The number of aliphatic hydroxyl groups is 1. The Morgan fingerprint density at radius 3 is 2.31 bits per heavy atom. The van der Waals surface area contributed by atoms with Crippen molar-refractivity contribution in [2.45, 2.75) is 37.9 Å². The van der Waals surface area contributed by atoms with Gasteiger partial charge < -0.3 is 20.6 Å². The van der Waals surface area contributed by atoms with Crippen LogP contribution in [0.1, 0.15) is 31.2 Å². The zero-order chi connectivity index (χ0) is 19.2. The van der Waals surface area contributed by atoms with Crippen LogP contribution < -0.4 is 10.6 Å². The molecule has 1 heterocycles. The van der Waals surface area contributed by atoms with Gasteiger partial charge in [0.15, 0.2) is 0 Å². The molecule has 1 aliphatic rings. The molecule has 144 valence electrons. The highest BCUT2D eigenvalue weighted by atomic mass is 19.4. The minimum absolute atomic E-state index is 0.00768. The number of hydrogen-bond acceptors (Lipinski definition) is 3. The first-order chi connectivity index (χ1) is 12.3. The van der Waals surface area contributed by atoms with Gasteiger partial charge in [-0.3, -0.25) is 4.79 Å². The van der Waals surface area contributed by atoms with Crippen molar-refractivity contribution in [3.05, 3.63) is 29.8 Å². The van der Waals surface area contributed by atoms with E-state index in [2.05, 4.69) is 10.6 Å². The minimum atomic E-state index is -4.41. The van der Waals surface area contributed by atoms with E-state index in [4.69, 9.17) is 5.11 Å². The molecule has 1 aliphatic heterocycles. The topological polar surface area (TPSA) is 81.7 Å². The standard InChI is InChI=1S/C17H22F3N3O3/c18-17(19,20)12-3-5-13(6-4-12)21-16(26)22-14-7-9-23(10-8-14)15(25)2-1-11-24/h3-6,14,24H,1-2,7-11H2,(H2,21,22,26). The zero-order valence-corrected chi connectivity index (χ0v) is 14.2. The highest BCUT2D eigenvalue weighted by Gasteiger charge is 2.30. The maximum atomic E-state index is 12.5. The predicted molar refractivity (Wildman–Crippen MR) is 89.5 cm³/mol. The molecule has 3 N–H and O–H groups in total. The van der Waals surface area contributed by atoms with Gasteiger partial charge in [0.25, 0.3) is 0 Å². The molecule has 0 saturated carbocycles. The number of hydrogen-bond donors (Lipinski definition) is 3. The van der Waals surface area contributed by atoms with Crippen LogP contribution in [0.5, 0.6) is 0 Å². The molecular weight excluding hydrogens is 351 g/mol. The molecule has 9 heteroatoms. The lowest BCUT2D eigenvalue weighted by molar-refractivity contribution is -0.137. The maximum absolute atomic E-state index is 12.5. The Kier molecular flexibility index (Phi) is 6.84. The fourth-order valence-electron chi connectivity index (χ4n) is 2.76. The smallest absolute Gasteiger partial charge is 0.396 e. The summed E-state index contributed by atoms with van der Waals surface area (Å²) in [6.07, 6.45) is -2.46. The summed E-state index contributed by atoms with van der Waals surface area (Å²) in [6, 6.07) is 3.62. The van der Waals surface area contributed by atoms with E-state index in [0.29, 0.717) is 38.8 Å². The van der Waals surface area contributed by atoms with Crippen LogP contribution in [0, 0.1) is 0 Å². The highest BCUT2D eigenvalue weighted by Crippen LogP contribution is 2.29. The van der Waals surface area contributed by atoms with Crippen molar-refractivity contribution in [2.24, 2.45) is 0 Å². The van der Waals surface area contributed by atoms with Gasteiger partial charge in [0.05, 0.1) is 5.56 Å². The summed E-state index contributed by atoms with van der Waals surface area (Å²) >= 11 is 0. The number of nitrogens with zero attached hydrogens (tertiary/aromatic N) is 1. The second-order valence-corrected chi connectivity index (χ2v) is 6.16. The van der Waals surface area contributed by atoms with Crippen LogP contribution in [0.2, 0.25) is 0 Å². The van der Waals surface area contributed by atoms with Gasteiger partial charge >= 0.3 is 12.2 Å². The zero-order valence-electron chi connectivity index (χ0n) is 14.2. The van der Waals surface area contributed by atoms with Gasteiger partial charge in [-0.25, -0.2) is 4.79 Å². The summed E-state index contributed by atoms with van der Waals surface area (Å²) in [5.41, 5.74) is -0.506. The molecule has 1 fully saturated rings. The maximum Gasteiger partial charge on any atom is 0.416 e. The van der Waals surface area contributed by atoms with Crippen molar-refractivity contribution < 1.29 is 27.9 Å². The van der Waals surface area contributed by atoms with Crippen molar-refractivity contribution in [2.75, 3.05) is 25.0 Å². The summed E-state index contributed by atoms with van der Waals surface area (Å²) in [7, 11) is 0. The fourth-order valence-corrected chi connectivity index (χ4v) is 2.76. The molecule has 0 bridgehead atoms. The van der Waals surface area contributed by atoms with E-state index in [1.807, 2.05) is 0 Å². The molecule has 3 amide bonds. The van der Waals surface area contributed by atoms with E-state index in [-0.39, 0.29) is 24.2 Å². The summed E-state index contributed by atoms with van der Waals surface area (Å²) in [5.74, 6) is -0.00768. The molecule has 0 atom stereocenters. The highest BCUT2D eigenvalue weighted by molar-refractivity contribution is 5.89. The van der Waals surface area contributed by atoms with Crippen molar-refractivity contribution in [1.29, 1.82) is 0 Å². The molecule has 6 nitrogen and oxygen atoms in total. The number of urea groups is 1. The molecule has 1 saturated heterocycles. The van der Waals surface area contributed by atoms with E-state index in [0.717, 1.165) is 12.1 Å². The summed E-state index contributed by atoms with van der Waals surface area (Å²) < 4.78 is 37.5. The van der Waals surface area contributed by atoms with E-state index < -0.39 is 17.8 Å². The third kappa shape index (κ3) is 5.91. The number of halogens is 3. The molecular formula is C17H22F3N3O3. The number of amides is 3. The second-order valence-electron chi connectivity index (χ2n) is 6.16. The molecule has 2 rings (SSSR count). The van der Waals surface area contributed by atoms with E-state index >= 15 is 0 Å². The second kappa shape index (κ2) is 8.88. The minimum Gasteiger partial charge on any atom is -0.396 e. The monoisotopic (exact) mass is 373 g/mol. The summed E-state index contributed by atoms with van der Waals surface area (Å²) in [5, 5.41) is 14.0. The van der Waals surface area contributed by atoms with Gasteiger partial charge in [0, 0.05) is 37.8 Å². The van der Waals surface area contributed by atoms with Gasteiger partial charge in [0.1, 0.15) is 0 Å². The molecule has 1 aromatic rings. The van der Waals surface area contributed by atoms with Crippen molar-refractivity contribution in [1.82, 2.24) is 10.2 Å². The number of piperidine rings is 1. The summed E-state index contributed by atoms with van der Waals surface area (Å²) in [4.78, 5) is 25.5. The number of anilines is 1. The number of carbonyl (C=O) groups is 2. The van der Waals surface area contributed by atoms with Crippen LogP contribution in [0.3, 0.4) is 0 Å². The Morgan fingerprint density at radius 1 is 1.15 bits per heavy atom. The number of benzene rings is 1. The lowest BCUT2D eigenvalue weighted by Crippen LogP contribution is -2.47. The first kappa shape index (κ1) is 20.0. The molecule has 0 spiro atoms. The SMILES string of the molecule is O=C(Nc1ccc(C(F)(F)F)cc1)NC1CCN(C(=O)CCCO)CC1. The Labute approximate surface area is 149 Å². The molecule has 1 aromatic carbocycles. The first-order valence-corrected chi connectivity index (χ1v) is 8.43. The van der Waals surface area contributed by atoms with E-state index in [1.54, 1.807) is 4.90 Å². The number of alkyl halides is 3. The molecule has 0 aromatic heterocycles. The van der Waals surface area contributed by atoms with Gasteiger partial charge in [-0.1, -0.05) is 0 Å². The van der Waals surface area contributed by atoms with Crippen molar-refractivity contribution in [3.8, 4) is 0 Å². The number of carbonyl (C=O) groups excluding carboxylic acids is 2. The predicted octanol–water partition coefficient (Wildman–Crippen LogP) is 2.59. The molecule has 0 radical (unpaired) electrons. The lowest BCUT2D eigenvalue weighted by Gasteiger charge is -2.32. The van der Waals surface area contributed by atoms with Gasteiger partial charge in [-0.2, -0.15) is 13.2 Å². The number of nitrogens with one attached hydrogen (secondary N) is 2. The Bertz CT molecular complexity index is 612. The van der Waals surface area contributed by atoms with Crippen LogP contribution in [0.15, 0.2) is 24.3 Å². The third-order valence-corrected chi connectivity index (χ3v) is 4.20. The fraction of sp³-hybridized carbons (Fsp3) is 0.529.